The smallest absolute Gasteiger partial charge is 0.0227 e. The molecule has 71 valence electrons. The van der Waals surface area contributed by atoms with Gasteiger partial charge in [-0.3, -0.25) is 0 Å². The van der Waals surface area contributed by atoms with E-state index in [1.54, 1.807) is 0 Å². The maximum absolute atomic E-state index is 3.17. The summed E-state index contributed by atoms with van der Waals surface area (Å²) in [6.07, 6.45) is 23.0. The van der Waals surface area contributed by atoms with Gasteiger partial charge in [0.15, 0.2) is 0 Å². The van der Waals surface area contributed by atoms with E-state index in [2.05, 4.69) is 30.4 Å². The summed E-state index contributed by atoms with van der Waals surface area (Å²) in [5.74, 6) is 0. The zero-order valence-corrected chi connectivity index (χ0v) is 8.34. The van der Waals surface area contributed by atoms with E-state index in [0.29, 0.717) is 0 Å². The number of rotatable bonds is 0. The zero-order chi connectivity index (χ0) is 9.19. The van der Waals surface area contributed by atoms with Crippen LogP contribution < -0.4 is 0 Å². The van der Waals surface area contributed by atoms with Gasteiger partial charge in [-0.1, -0.05) is 49.6 Å². The molecule has 0 heteroatoms. The minimum Gasteiger partial charge on any atom is -0.0845 e. The molecule has 0 unspecified atom stereocenters. The summed E-state index contributed by atoms with van der Waals surface area (Å²) in [4.78, 5) is 0. The van der Waals surface area contributed by atoms with Crippen molar-refractivity contribution in [2.75, 3.05) is 0 Å². The highest BCUT2D eigenvalue weighted by atomic mass is 13.9. The standard InChI is InChI=1S/C13H19/c1-2-4-6-8-10-12-13-11-9-7-5-3-1/h1-4,8H,5,7,9-13H2/b3-1+,4-2+,8-6?. The van der Waals surface area contributed by atoms with E-state index in [9.17, 15) is 0 Å². The van der Waals surface area contributed by atoms with Crippen LogP contribution in [0.3, 0.4) is 0 Å². The summed E-state index contributed by atoms with van der Waals surface area (Å²) in [5.41, 5.74) is 0. The minimum atomic E-state index is 1.19. The van der Waals surface area contributed by atoms with E-state index in [-0.39, 0.29) is 0 Å². The Labute approximate surface area is 82.0 Å². The highest BCUT2D eigenvalue weighted by Crippen LogP contribution is 2.08. The lowest BCUT2D eigenvalue weighted by Gasteiger charge is -1.97. The average molecular weight is 175 g/mol. The van der Waals surface area contributed by atoms with Crippen molar-refractivity contribution in [2.45, 2.75) is 44.9 Å². The highest BCUT2D eigenvalue weighted by molar-refractivity contribution is 5.07. The van der Waals surface area contributed by atoms with E-state index in [4.69, 9.17) is 0 Å². The zero-order valence-electron chi connectivity index (χ0n) is 8.34. The predicted octanol–water partition coefficient (Wildman–Crippen LogP) is 4.20. The summed E-state index contributed by atoms with van der Waals surface area (Å²) in [6.45, 7) is 0. The molecule has 0 atom stereocenters. The van der Waals surface area contributed by atoms with Crippen molar-refractivity contribution in [1.29, 1.82) is 0 Å². The summed E-state index contributed by atoms with van der Waals surface area (Å²) < 4.78 is 0. The van der Waals surface area contributed by atoms with Gasteiger partial charge in [-0.15, -0.1) is 0 Å². The molecule has 1 aliphatic rings. The van der Waals surface area contributed by atoms with E-state index in [1.165, 1.54) is 44.9 Å². The monoisotopic (exact) mass is 175 g/mol. The van der Waals surface area contributed by atoms with Gasteiger partial charge in [0.05, 0.1) is 0 Å². The lowest BCUT2D eigenvalue weighted by atomic mass is 10.1. The van der Waals surface area contributed by atoms with Gasteiger partial charge in [-0.25, -0.2) is 0 Å². The second-order valence-corrected chi connectivity index (χ2v) is 3.50. The van der Waals surface area contributed by atoms with Crippen molar-refractivity contribution in [2.24, 2.45) is 0 Å². The van der Waals surface area contributed by atoms with Crippen LogP contribution in [0.2, 0.25) is 0 Å². The molecular weight excluding hydrogens is 156 g/mol. The summed E-state index contributed by atoms with van der Waals surface area (Å²) in [7, 11) is 0. The van der Waals surface area contributed by atoms with Crippen LogP contribution in [-0.2, 0) is 0 Å². The Balaban J connectivity index is 2.29. The fourth-order valence-corrected chi connectivity index (χ4v) is 1.48. The number of hydrogen-bond acceptors (Lipinski definition) is 0. The van der Waals surface area contributed by atoms with Gasteiger partial charge < -0.3 is 0 Å². The van der Waals surface area contributed by atoms with Crippen LogP contribution in [0.4, 0.5) is 0 Å². The molecule has 0 N–H and O–H groups in total. The third-order valence-electron chi connectivity index (χ3n) is 2.28. The molecule has 0 spiro atoms. The molecule has 0 amide bonds. The molecule has 0 bridgehead atoms. The van der Waals surface area contributed by atoms with Crippen molar-refractivity contribution in [1.82, 2.24) is 0 Å². The molecule has 1 rings (SSSR count). The molecule has 0 aliphatic heterocycles. The van der Waals surface area contributed by atoms with E-state index < -0.39 is 0 Å². The average Bonchev–Trinajstić information content (AvgIpc) is 2.18. The molecule has 0 nitrogen and oxygen atoms in total. The van der Waals surface area contributed by atoms with E-state index in [1.807, 2.05) is 6.08 Å². The molecule has 0 saturated heterocycles. The summed E-state index contributed by atoms with van der Waals surface area (Å²) in [6, 6.07) is 0. The topological polar surface area (TPSA) is 0 Å². The number of allylic oxidation sites excluding steroid dienone is 6. The van der Waals surface area contributed by atoms with Gasteiger partial charge in [0.1, 0.15) is 0 Å². The fraction of sp³-hybridized carbons (Fsp3) is 0.538. The molecular formula is C13H19. The third-order valence-corrected chi connectivity index (χ3v) is 2.28. The Hall–Kier alpha value is -0.780. The molecule has 0 aromatic rings. The molecule has 0 heterocycles. The maximum Gasteiger partial charge on any atom is -0.0227 e. The summed E-state index contributed by atoms with van der Waals surface area (Å²) in [5, 5.41) is 0. The van der Waals surface area contributed by atoms with Crippen molar-refractivity contribution in [3.63, 3.8) is 0 Å². The Kier molecular flexibility index (Phi) is 6.22. The van der Waals surface area contributed by atoms with Crippen molar-refractivity contribution >= 4 is 0 Å². The molecule has 0 saturated carbocycles. The van der Waals surface area contributed by atoms with E-state index in [0.717, 1.165) is 0 Å². The Morgan fingerprint density at radius 2 is 1.54 bits per heavy atom. The van der Waals surface area contributed by atoms with Crippen LogP contribution in [0.5, 0.6) is 0 Å². The first-order valence-corrected chi connectivity index (χ1v) is 5.39. The predicted molar refractivity (Wildman–Crippen MR) is 58.4 cm³/mol. The molecule has 1 aliphatic carbocycles. The first kappa shape index (κ1) is 10.3. The van der Waals surface area contributed by atoms with Crippen molar-refractivity contribution in [3.8, 4) is 0 Å². The van der Waals surface area contributed by atoms with Crippen LogP contribution in [0.1, 0.15) is 44.9 Å². The minimum absolute atomic E-state index is 1.19. The van der Waals surface area contributed by atoms with Crippen LogP contribution in [-0.4, -0.2) is 0 Å². The lowest BCUT2D eigenvalue weighted by Crippen LogP contribution is -1.77. The third kappa shape index (κ3) is 6.39. The van der Waals surface area contributed by atoms with Crippen LogP contribution in [0.25, 0.3) is 0 Å². The molecule has 0 aromatic heterocycles. The molecule has 0 aromatic carbocycles. The second kappa shape index (κ2) is 7.85. The maximum atomic E-state index is 3.17. The Morgan fingerprint density at radius 1 is 0.769 bits per heavy atom. The van der Waals surface area contributed by atoms with Gasteiger partial charge in [0, 0.05) is 0 Å². The van der Waals surface area contributed by atoms with Crippen molar-refractivity contribution < 1.29 is 0 Å². The van der Waals surface area contributed by atoms with Gasteiger partial charge in [0.25, 0.3) is 0 Å². The van der Waals surface area contributed by atoms with E-state index >= 15 is 0 Å². The Bertz CT molecular complexity index is 164. The molecule has 13 heavy (non-hydrogen) atoms. The van der Waals surface area contributed by atoms with Gasteiger partial charge >= 0.3 is 0 Å². The van der Waals surface area contributed by atoms with Crippen molar-refractivity contribution in [3.05, 3.63) is 36.5 Å². The lowest BCUT2D eigenvalue weighted by molar-refractivity contribution is 0.622. The van der Waals surface area contributed by atoms with Crippen LogP contribution in [0.15, 0.2) is 30.4 Å². The van der Waals surface area contributed by atoms with Gasteiger partial charge in [-0.05, 0) is 31.8 Å². The largest absolute Gasteiger partial charge is 0.0845 e. The Morgan fingerprint density at radius 3 is 2.46 bits per heavy atom. The fourth-order valence-electron chi connectivity index (χ4n) is 1.48. The van der Waals surface area contributed by atoms with Gasteiger partial charge in [0.2, 0.25) is 0 Å². The first-order chi connectivity index (χ1) is 6.50. The quantitative estimate of drug-likeness (QED) is 0.517. The summed E-state index contributed by atoms with van der Waals surface area (Å²) >= 11 is 0. The number of hydrogen-bond donors (Lipinski definition) is 0. The first-order valence-electron chi connectivity index (χ1n) is 5.39. The van der Waals surface area contributed by atoms with Gasteiger partial charge in [-0.2, -0.15) is 0 Å². The van der Waals surface area contributed by atoms with Crippen LogP contribution in [0, 0.1) is 6.08 Å². The van der Waals surface area contributed by atoms with Crippen LogP contribution >= 0.6 is 0 Å². The normalized spacial score (nSPS) is 27.7. The molecule has 1 radical (unpaired) electrons. The second-order valence-electron chi connectivity index (χ2n) is 3.50. The molecule has 0 fully saturated rings. The SMILES string of the molecule is [C]1=C/CCCCCCC/C=C/C=C/1. The highest BCUT2D eigenvalue weighted by Gasteiger charge is 1.88.